The number of likely N-dealkylation sites (tertiary alicyclic amines) is 1. The highest BCUT2D eigenvalue weighted by atomic mass is 32.1. The van der Waals surface area contributed by atoms with E-state index in [1.165, 1.54) is 35.7 Å². The van der Waals surface area contributed by atoms with E-state index in [9.17, 15) is 0 Å². The third-order valence-electron chi connectivity index (χ3n) is 4.26. The maximum absolute atomic E-state index is 3.22. The summed E-state index contributed by atoms with van der Waals surface area (Å²) in [4.78, 5) is 5.58. The predicted molar refractivity (Wildman–Crippen MR) is 84.5 cm³/mol. The van der Waals surface area contributed by atoms with Gasteiger partial charge in [-0.15, -0.1) is 11.3 Å². The van der Waals surface area contributed by atoms with E-state index in [-0.39, 0.29) is 0 Å². The zero-order valence-corrected chi connectivity index (χ0v) is 13.6. The van der Waals surface area contributed by atoms with Gasteiger partial charge in [0.05, 0.1) is 0 Å². The van der Waals surface area contributed by atoms with E-state index in [1.807, 2.05) is 18.4 Å². The van der Waals surface area contributed by atoms with Crippen LogP contribution in [0.1, 0.15) is 43.4 Å². The lowest BCUT2D eigenvalue weighted by molar-refractivity contribution is 0.109. The van der Waals surface area contributed by atoms with Gasteiger partial charge in [0, 0.05) is 22.8 Å². The number of thiophene rings is 1. The number of rotatable bonds is 4. The third kappa shape index (κ3) is 4.30. The predicted octanol–water partition coefficient (Wildman–Crippen LogP) is 3.73. The summed E-state index contributed by atoms with van der Waals surface area (Å²) in [6, 6.07) is 4.56. The third-order valence-corrected chi connectivity index (χ3v) is 5.33. The van der Waals surface area contributed by atoms with Crippen molar-refractivity contribution in [1.29, 1.82) is 0 Å². The second-order valence-electron chi connectivity index (χ2n) is 6.81. The van der Waals surface area contributed by atoms with Crippen LogP contribution < -0.4 is 5.32 Å². The van der Waals surface area contributed by atoms with Crippen LogP contribution in [0.3, 0.4) is 0 Å². The van der Waals surface area contributed by atoms with Crippen LogP contribution >= 0.6 is 11.3 Å². The first kappa shape index (κ1) is 15.0. The lowest BCUT2D eigenvalue weighted by Gasteiger charge is -2.38. The maximum atomic E-state index is 3.22. The van der Waals surface area contributed by atoms with Gasteiger partial charge in [0.1, 0.15) is 0 Å². The first-order valence-electron chi connectivity index (χ1n) is 7.43. The Morgan fingerprint density at radius 1 is 1.21 bits per heavy atom. The topological polar surface area (TPSA) is 15.3 Å². The molecule has 1 fully saturated rings. The zero-order chi connectivity index (χ0) is 13.9. The van der Waals surface area contributed by atoms with Crippen LogP contribution in [-0.2, 0) is 13.1 Å². The van der Waals surface area contributed by atoms with E-state index in [0.717, 1.165) is 19.0 Å². The minimum absolute atomic E-state index is 0.481. The summed E-state index contributed by atoms with van der Waals surface area (Å²) in [6.07, 6.45) is 2.72. The van der Waals surface area contributed by atoms with Crippen molar-refractivity contribution in [1.82, 2.24) is 10.2 Å². The Morgan fingerprint density at radius 2 is 1.84 bits per heavy atom. The average Bonchev–Trinajstić information content (AvgIpc) is 2.77. The molecule has 108 valence electrons. The van der Waals surface area contributed by atoms with Crippen LogP contribution in [-0.4, -0.2) is 25.0 Å². The fraction of sp³-hybridized carbons (Fsp3) is 0.750. The van der Waals surface area contributed by atoms with Gasteiger partial charge >= 0.3 is 0 Å². The fourth-order valence-corrected chi connectivity index (χ4v) is 4.03. The van der Waals surface area contributed by atoms with Gasteiger partial charge < -0.3 is 5.32 Å². The van der Waals surface area contributed by atoms with Gasteiger partial charge in [-0.05, 0) is 56.4 Å². The molecule has 0 amide bonds. The normalized spacial score (nSPS) is 18.9. The first-order valence-corrected chi connectivity index (χ1v) is 8.25. The number of hydrogen-bond donors (Lipinski definition) is 1. The summed E-state index contributed by atoms with van der Waals surface area (Å²) >= 11 is 1.95. The first-order chi connectivity index (χ1) is 8.99. The Bertz CT molecular complexity index is 384. The second kappa shape index (κ2) is 6.38. The molecule has 1 aromatic heterocycles. The standard InChI is InChI=1S/C16H28N2S/c1-16(2,3)13-7-9-18(10-8-13)12-15-6-5-14(19-15)11-17-4/h5-6,13,17H,7-12H2,1-4H3. The van der Waals surface area contributed by atoms with Crippen LogP contribution in [0.4, 0.5) is 0 Å². The molecular formula is C16H28N2S. The molecule has 1 aromatic rings. The summed E-state index contributed by atoms with van der Waals surface area (Å²) in [7, 11) is 2.01. The van der Waals surface area contributed by atoms with E-state index in [4.69, 9.17) is 0 Å². The zero-order valence-electron chi connectivity index (χ0n) is 12.8. The number of piperidine rings is 1. The molecule has 1 saturated heterocycles. The largest absolute Gasteiger partial charge is 0.315 e. The van der Waals surface area contributed by atoms with Gasteiger partial charge in [-0.2, -0.15) is 0 Å². The number of hydrogen-bond acceptors (Lipinski definition) is 3. The van der Waals surface area contributed by atoms with Crippen molar-refractivity contribution < 1.29 is 0 Å². The van der Waals surface area contributed by atoms with Crippen molar-refractivity contribution in [2.75, 3.05) is 20.1 Å². The molecular weight excluding hydrogens is 252 g/mol. The highest BCUT2D eigenvalue weighted by Gasteiger charge is 2.28. The van der Waals surface area contributed by atoms with Crippen molar-refractivity contribution in [3.05, 3.63) is 21.9 Å². The molecule has 0 saturated carbocycles. The molecule has 1 aliphatic rings. The Balaban J connectivity index is 1.82. The molecule has 0 unspecified atom stereocenters. The van der Waals surface area contributed by atoms with Crippen LogP contribution in [0.2, 0.25) is 0 Å². The number of nitrogens with zero attached hydrogens (tertiary/aromatic N) is 1. The fourth-order valence-electron chi connectivity index (χ4n) is 2.95. The maximum Gasteiger partial charge on any atom is 0.0328 e. The minimum atomic E-state index is 0.481. The van der Waals surface area contributed by atoms with Crippen LogP contribution in [0.5, 0.6) is 0 Å². The van der Waals surface area contributed by atoms with E-state index in [1.54, 1.807) is 0 Å². The van der Waals surface area contributed by atoms with Gasteiger partial charge in [0.15, 0.2) is 0 Å². The number of nitrogens with one attached hydrogen (secondary N) is 1. The molecule has 3 heteroatoms. The van der Waals surface area contributed by atoms with Gasteiger partial charge in [0.25, 0.3) is 0 Å². The molecule has 2 nitrogen and oxygen atoms in total. The molecule has 1 aliphatic heterocycles. The molecule has 0 spiro atoms. The highest BCUT2D eigenvalue weighted by Crippen LogP contribution is 2.34. The smallest absolute Gasteiger partial charge is 0.0328 e. The van der Waals surface area contributed by atoms with E-state index < -0.39 is 0 Å². The van der Waals surface area contributed by atoms with Crippen molar-refractivity contribution in [3.63, 3.8) is 0 Å². The summed E-state index contributed by atoms with van der Waals surface area (Å²) in [6.45, 7) is 11.8. The Hall–Kier alpha value is -0.380. The molecule has 2 rings (SSSR count). The van der Waals surface area contributed by atoms with Gasteiger partial charge in [-0.3, -0.25) is 4.90 Å². The molecule has 1 N–H and O–H groups in total. The Kier molecular flexibility index (Phi) is 5.04. The van der Waals surface area contributed by atoms with Crippen molar-refractivity contribution in [2.45, 2.75) is 46.7 Å². The summed E-state index contributed by atoms with van der Waals surface area (Å²) in [5, 5.41) is 3.22. The van der Waals surface area contributed by atoms with Crippen molar-refractivity contribution >= 4 is 11.3 Å². The molecule has 0 aromatic carbocycles. The quantitative estimate of drug-likeness (QED) is 0.904. The summed E-state index contributed by atoms with van der Waals surface area (Å²) in [5.41, 5.74) is 0.481. The van der Waals surface area contributed by atoms with Crippen molar-refractivity contribution in [2.24, 2.45) is 11.3 Å². The van der Waals surface area contributed by atoms with Gasteiger partial charge in [-0.1, -0.05) is 20.8 Å². The van der Waals surface area contributed by atoms with E-state index in [0.29, 0.717) is 5.41 Å². The SMILES string of the molecule is CNCc1ccc(CN2CCC(C(C)(C)C)CC2)s1. The minimum Gasteiger partial charge on any atom is -0.315 e. The second-order valence-corrected chi connectivity index (χ2v) is 8.07. The molecule has 19 heavy (non-hydrogen) atoms. The summed E-state index contributed by atoms with van der Waals surface area (Å²) < 4.78 is 0. The molecule has 0 radical (unpaired) electrons. The van der Waals surface area contributed by atoms with Gasteiger partial charge in [0.2, 0.25) is 0 Å². The Labute approximate surface area is 122 Å². The Morgan fingerprint density at radius 3 is 2.42 bits per heavy atom. The monoisotopic (exact) mass is 280 g/mol. The van der Waals surface area contributed by atoms with E-state index in [2.05, 4.69) is 43.1 Å². The summed E-state index contributed by atoms with van der Waals surface area (Å²) in [5.74, 6) is 0.895. The molecule has 0 aliphatic carbocycles. The lowest BCUT2D eigenvalue weighted by atomic mass is 9.75. The van der Waals surface area contributed by atoms with Crippen LogP contribution in [0, 0.1) is 11.3 Å². The molecule has 2 heterocycles. The molecule has 0 bridgehead atoms. The highest BCUT2D eigenvalue weighted by molar-refractivity contribution is 7.11. The van der Waals surface area contributed by atoms with Crippen molar-refractivity contribution in [3.8, 4) is 0 Å². The average molecular weight is 280 g/mol. The lowest BCUT2D eigenvalue weighted by Crippen LogP contribution is -2.37. The molecule has 0 atom stereocenters. The van der Waals surface area contributed by atoms with Crippen LogP contribution in [0.15, 0.2) is 12.1 Å². The van der Waals surface area contributed by atoms with Gasteiger partial charge in [-0.25, -0.2) is 0 Å². The van der Waals surface area contributed by atoms with Crippen LogP contribution in [0.25, 0.3) is 0 Å². The van der Waals surface area contributed by atoms with E-state index >= 15 is 0 Å².